The topological polar surface area (TPSA) is 59.4 Å². The lowest BCUT2D eigenvalue weighted by Crippen LogP contribution is -2.48. The number of aromatic nitrogens is 1. The van der Waals surface area contributed by atoms with Crippen LogP contribution in [0.2, 0.25) is 0 Å². The molecule has 2 atom stereocenters. The van der Waals surface area contributed by atoms with Crippen molar-refractivity contribution in [1.82, 2.24) is 14.5 Å². The second-order valence-corrected chi connectivity index (χ2v) is 8.11. The van der Waals surface area contributed by atoms with Crippen molar-refractivity contribution in [3.8, 4) is 0 Å². The molecule has 0 aliphatic carbocycles. The highest BCUT2D eigenvalue weighted by molar-refractivity contribution is 7.22. The molecule has 3 rings (SSSR count). The molecule has 1 aliphatic heterocycles. The van der Waals surface area contributed by atoms with Gasteiger partial charge in [-0.2, -0.15) is 4.98 Å². The van der Waals surface area contributed by atoms with Crippen molar-refractivity contribution in [1.29, 1.82) is 0 Å². The number of aliphatic hydroxyl groups excluding tert-OH is 1. The summed E-state index contributed by atoms with van der Waals surface area (Å²) >= 11 is 1.44. The third-order valence-corrected chi connectivity index (χ3v) is 6.11. The van der Waals surface area contributed by atoms with Crippen LogP contribution in [0.5, 0.6) is 0 Å². The lowest BCUT2D eigenvalue weighted by atomic mass is 10.1. The molecule has 5 nitrogen and oxygen atoms in total. The van der Waals surface area contributed by atoms with Crippen LogP contribution in [0.15, 0.2) is 18.2 Å². The van der Waals surface area contributed by atoms with Crippen molar-refractivity contribution >= 4 is 26.7 Å². The van der Waals surface area contributed by atoms with E-state index in [1.165, 1.54) is 36.2 Å². The van der Waals surface area contributed by atoms with Gasteiger partial charge in [-0.15, -0.1) is 0 Å². The van der Waals surface area contributed by atoms with E-state index in [1.54, 1.807) is 0 Å². The molecule has 1 aromatic carbocycles. The number of hydrogen-bond donors (Lipinski definition) is 1. The number of unbranched alkanes of at least 4 members (excludes halogenated alkanes) is 3. The normalized spacial score (nSPS) is 24.4. The Balaban J connectivity index is 1.78. The van der Waals surface area contributed by atoms with Gasteiger partial charge in [0, 0.05) is 6.54 Å². The molecule has 25 heavy (non-hydrogen) atoms. The molecule has 2 heterocycles. The summed E-state index contributed by atoms with van der Waals surface area (Å²) in [6, 6.07) is 6.29. The van der Waals surface area contributed by atoms with E-state index >= 15 is 0 Å². The fourth-order valence-electron chi connectivity index (χ4n) is 3.40. The van der Waals surface area contributed by atoms with Gasteiger partial charge in [0.1, 0.15) is 6.67 Å². The fourth-order valence-corrected chi connectivity index (χ4v) is 4.50. The van der Waals surface area contributed by atoms with Crippen LogP contribution in [-0.2, 0) is 6.42 Å². The highest BCUT2D eigenvalue weighted by Gasteiger charge is 2.42. The summed E-state index contributed by atoms with van der Waals surface area (Å²) in [4.78, 5) is 6.62. The van der Waals surface area contributed by atoms with E-state index in [9.17, 15) is 10.3 Å². The maximum atomic E-state index is 13.3. The minimum Gasteiger partial charge on any atom is -0.623 e. The first-order valence-electron chi connectivity index (χ1n) is 9.46. The highest BCUT2D eigenvalue weighted by atomic mass is 32.1. The average molecular weight is 364 g/mol. The summed E-state index contributed by atoms with van der Waals surface area (Å²) in [5.74, 6) is 0. The standard InChI is InChI=1S/C19H29N3O2S/c1-3-5-7-8-15-9-10-16-17(12-15)25-19(20-16)22(24)14-21(11-6-4-2)13-18(22)23/h9-10,12,18,23H,3-8,11,13-14H2,1-2H3. The first-order chi connectivity index (χ1) is 12.1. The Morgan fingerprint density at radius 3 is 2.84 bits per heavy atom. The summed E-state index contributed by atoms with van der Waals surface area (Å²) in [5.41, 5.74) is 2.17. The predicted molar refractivity (Wildman–Crippen MR) is 105 cm³/mol. The maximum absolute atomic E-state index is 13.3. The summed E-state index contributed by atoms with van der Waals surface area (Å²) in [6.45, 7) is 5.94. The predicted octanol–water partition coefficient (Wildman–Crippen LogP) is 4.23. The minimum atomic E-state index is -0.943. The van der Waals surface area contributed by atoms with E-state index < -0.39 is 10.9 Å². The average Bonchev–Trinajstić information content (AvgIpc) is 3.15. The van der Waals surface area contributed by atoms with Crippen molar-refractivity contribution < 1.29 is 5.11 Å². The Labute approximate surface area is 154 Å². The van der Waals surface area contributed by atoms with E-state index in [1.807, 2.05) is 6.07 Å². The van der Waals surface area contributed by atoms with Crippen LogP contribution in [0.4, 0.5) is 5.13 Å². The van der Waals surface area contributed by atoms with Gasteiger partial charge in [0.25, 0.3) is 5.13 Å². The number of rotatable bonds is 8. The number of fused-ring (bicyclic) bond motifs is 1. The van der Waals surface area contributed by atoms with E-state index in [-0.39, 0.29) is 0 Å². The molecule has 0 bridgehead atoms. The number of benzene rings is 1. The molecule has 138 valence electrons. The zero-order valence-electron chi connectivity index (χ0n) is 15.3. The number of thiazole rings is 1. The van der Waals surface area contributed by atoms with Gasteiger partial charge in [-0.1, -0.05) is 50.5 Å². The third-order valence-electron chi connectivity index (χ3n) is 4.98. The Bertz CT molecular complexity index is 705. The zero-order valence-corrected chi connectivity index (χ0v) is 16.1. The van der Waals surface area contributed by atoms with E-state index in [4.69, 9.17) is 0 Å². The summed E-state index contributed by atoms with van der Waals surface area (Å²) in [6.07, 6.45) is 5.92. The number of hydroxylamine groups is 2. The molecule has 2 aromatic rings. The van der Waals surface area contributed by atoms with Gasteiger partial charge in [0.2, 0.25) is 6.23 Å². The van der Waals surface area contributed by atoms with Crippen molar-refractivity contribution in [2.45, 2.75) is 58.6 Å². The molecular formula is C19H29N3O2S. The van der Waals surface area contributed by atoms with Crippen LogP contribution < -0.4 is 4.65 Å². The number of aryl methyl sites for hydroxylation is 1. The van der Waals surface area contributed by atoms with E-state index in [0.29, 0.717) is 18.3 Å². The molecule has 1 aromatic heterocycles. The quantitative estimate of drug-likeness (QED) is 0.433. The van der Waals surface area contributed by atoms with Gasteiger partial charge in [-0.25, -0.2) is 4.90 Å². The van der Waals surface area contributed by atoms with Crippen LogP contribution in [0, 0.1) is 5.21 Å². The Hall–Kier alpha value is -1.05. The summed E-state index contributed by atoms with van der Waals surface area (Å²) < 4.78 is 0.324. The number of quaternary nitrogens is 1. The third kappa shape index (κ3) is 4.04. The molecule has 6 heteroatoms. The molecule has 2 unspecified atom stereocenters. The van der Waals surface area contributed by atoms with Crippen molar-refractivity contribution in [3.05, 3.63) is 29.0 Å². The summed E-state index contributed by atoms with van der Waals surface area (Å²) in [5, 5.41) is 24.1. The van der Waals surface area contributed by atoms with Gasteiger partial charge >= 0.3 is 0 Å². The van der Waals surface area contributed by atoms with Gasteiger partial charge in [-0.3, -0.25) is 4.65 Å². The SMILES string of the molecule is CCCCCc1ccc2nc([N+]3([O-])CN(CCCC)CC3O)sc2c1. The van der Waals surface area contributed by atoms with E-state index in [2.05, 4.69) is 35.9 Å². The number of β-amino-alcohol motifs (C(OH)–C–C–N with tert-alkyl or cyclic N) is 1. The Morgan fingerprint density at radius 2 is 2.08 bits per heavy atom. The lowest BCUT2D eigenvalue weighted by molar-refractivity contribution is 0.0848. The number of hydrogen-bond acceptors (Lipinski definition) is 5. The second kappa shape index (κ2) is 8.10. The van der Waals surface area contributed by atoms with Crippen molar-refractivity contribution in [3.63, 3.8) is 0 Å². The first-order valence-corrected chi connectivity index (χ1v) is 10.3. The molecule has 0 amide bonds. The van der Waals surface area contributed by atoms with Crippen LogP contribution in [0.25, 0.3) is 10.2 Å². The van der Waals surface area contributed by atoms with Gasteiger partial charge in [0.05, 0.1) is 16.8 Å². The van der Waals surface area contributed by atoms with Crippen molar-refractivity contribution in [2.24, 2.45) is 0 Å². The molecule has 1 N–H and O–H groups in total. The Morgan fingerprint density at radius 1 is 1.28 bits per heavy atom. The van der Waals surface area contributed by atoms with Crippen LogP contribution >= 0.6 is 11.3 Å². The largest absolute Gasteiger partial charge is 0.623 e. The minimum absolute atomic E-state index is 0.296. The Kier molecular flexibility index (Phi) is 6.07. The molecular weight excluding hydrogens is 334 g/mol. The zero-order chi connectivity index (χ0) is 17.9. The van der Waals surface area contributed by atoms with Gasteiger partial charge in [0.15, 0.2) is 0 Å². The van der Waals surface area contributed by atoms with Gasteiger partial charge < -0.3 is 10.3 Å². The molecule has 1 saturated heterocycles. The number of nitrogens with zero attached hydrogens (tertiary/aromatic N) is 3. The first kappa shape index (κ1) is 18.7. The molecule has 0 saturated carbocycles. The lowest BCUT2D eigenvalue weighted by Gasteiger charge is -2.37. The van der Waals surface area contributed by atoms with Crippen LogP contribution in [-0.4, -0.2) is 41.0 Å². The molecule has 1 aliphatic rings. The van der Waals surface area contributed by atoms with E-state index in [0.717, 1.165) is 36.0 Å². The van der Waals surface area contributed by atoms with Crippen molar-refractivity contribution in [2.75, 3.05) is 19.8 Å². The molecule has 0 spiro atoms. The highest BCUT2D eigenvalue weighted by Crippen LogP contribution is 2.37. The molecule has 0 radical (unpaired) electrons. The van der Waals surface area contributed by atoms with Gasteiger partial charge in [-0.05, 0) is 37.0 Å². The van der Waals surface area contributed by atoms with Crippen LogP contribution in [0.3, 0.4) is 0 Å². The smallest absolute Gasteiger partial charge is 0.290 e. The second-order valence-electron chi connectivity index (χ2n) is 7.10. The van der Waals surface area contributed by atoms with Crippen LogP contribution in [0.1, 0.15) is 51.5 Å². The molecule has 1 fully saturated rings. The maximum Gasteiger partial charge on any atom is 0.290 e. The summed E-state index contributed by atoms with van der Waals surface area (Å²) in [7, 11) is 0. The number of aliphatic hydroxyl groups is 1. The fraction of sp³-hybridized carbons (Fsp3) is 0.632. The monoisotopic (exact) mass is 363 g/mol.